The molecule has 1 atom stereocenters. The molecule has 0 aromatic heterocycles. The first-order chi connectivity index (χ1) is 16.2. The molecule has 0 saturated carbocycles. The second-order valence-corrected chi connectivity index (χ2v) is 11.7. The number of carbonyl (C=O) groups excluding carboxylic acids is 2. The maximum Gasteiger partial charge on any atom is 0.323 e. The number of amides is 3. The molecule has 174 valence electrons. The van der Waals surface area contributed by atoms with E-state index < -0.39 is 4.87 Å². The minimum absolute atomic E-state index is 0.119. The van der Waals surface area contributed by atoms with Crippen molar-refractivity contribution >= 4 is 46.7 Å². The van der Waals surface area contributed by atoms with E-state index in [4.69, 9.17) is 11.6 Å². The minimum Gasteiger partial charge on any atom is -0.308 e. The van der Waals surface area contributed by atoms with Gasteiger partial charge in [-0.3, -0.25) is 9.69 Å². The molecular formula is C27H26ClN3O2S. The smallest absolute Gasteiger partial charge is 0.308 e. The van der Waals surface area contributed by atoms with Crippen molar-refractivity contribution in [3.63, 3.8) is 0 Å². The molecule has 1 saturated heterocycles. The summed E-state index contributed by atoms with van der Waals surface area (Å²) >= 11 is 7.95. The van der Waals surface area contributed by atoms with Crippen LogP contribution in [-0.2, 0) is 16.2 Å². The monoisotopic (exact) mass is 491 g/mol. The lowest BCUT2D eigenvalue weighted by molar-refractivity contribution is -0.123. The normalized spacial score (nSPS) is 20.6. The summed E-state index contributed by atoms with van der Waals surface area (Å²) in [6.07, 6.45) is 0. The summed E-state index contributed by atoms with van der Waals surface area (Å²) in [4.78, 5) is 30.2. The summed E-state index contributed by atoms with van der Waals surface area (Å²) < 4.78 is -0.331. The molecular weight excluding hydrogens is 466 g/mol. The van der Waals surface area contributed by atoms with Gasteiger partial charge in [0.15, 0.2) is 4.87 Å². The zero-order chi connectivity index (χ0) is 24.1. The molecule has 1 unspecified atom stereocenters. The number of benzene rings is 3. The van der Waals surface area contributed by atoms with E-state index in [1.165, 1.54) is 11.8 Å². The molecule has 3 amide bonds. The summed E-state index contributed by atoms with van der Waals surface area (Å²) in [6.45, 7) is 7.03. The fraction of sp³-hybridized carbons (Fsp3) is 0.259. The molecule has 34 heavy (non-hydrogen) atoms. The second kappa shape index (κ2) is 8.36. The standard InChI is InChI=1S/C27H26ClN3O2S/c1-18-9-7-8-10-19(18)16-30-23-14-13-20(28)15-22(23)27(24(30)32)31(17-26(2,3)34-27)25(33)29-21-11-5-4-6-12-21/h4-15H,16-17H2,1-3H3,(H,29,33). The van der Waals surface area contributed by atoms with Gasteiger partial charge in [-0.1, -0.05) is 54.1 Å². The van der Waals surface area contributed by atoms with Crippen LogP contribution in [0.4, 0.5) is 16.2 Å². The number of urea groups is 1. The SMILES string of the molecule is Cc1ccccc1CN1C(=O)C2(SC(C)(C)CN2C(=O)Nc2ccccc2)c2cc(Cl)ccc21. The van der Waals surface area contributed by atoms with Crippen LogP contribution in [0.15, 0.2) is 72.8 Å². The number of hydrogen-bond acceptors (Lipinski definition) is 3. The third-order valence-electron chi connectivity index (χ3n) is 6.35. The Labute approximate surface area is 209 Å². The highest BCUT2D eigenvalue weighted by Crippen LogP contribution is 2.60. The molecule has 2 aliphatic rings. The predicted octanol–water partition coefficient (Wildman–Crippen LogP) is 6.41. The van der Waals surface area contributed by atoms with Gasteiger partial charge in [-0.2, -0.15) is 0 Å². The Balaban J connectivity index is 1.61. The van der Waals surface area contributed by atoms with Crippen LogP contribution in [0.25, 0.3) is 0 Å². The number of nitrogens with one attached hydrogen (secondary N) is 1. The van der Waals surface area contributed by atoms with Crippen molar-refractivity contribution in [2.75, 3.05) is 16.8 Å². The third-order valence-corrected chi connectivity index (χ3v) is 8.18. The fourth-order valence-corrected chi connectivity index (χ4v) is 6.70. The van der Waals surface area contributed by atoms with E-state index in [1.807, 2.05) is 73.7 Å². The van der Waals surface area contributed by atoms with Crippen LogP contribution in [-0.4, -0.2) is 28.1 Å². The van der Waals surface area contributed by atoms with Crippen molar-refractivity contribution in [3.05, 3.63) is 94.5 Å². The van der Waals surface area contributed by atoms with E-state index in [1.54, 1.807) is 15.9 Å². The molecule has 1 fully saturated rings. The lowest BCUT2D eigenvalue weighted by atomic mass is 10.0. The molecule has 0 aliphatic carbocycles. The Morgan fingerprint density at radius 3 is 2.50 bits per heavy atom. The Hall–Kier alpha value is -2.96. The van der Waals surface area contributed by atoms with E-state index in [2.05, 4.69) is 19.2 Å². The maximum atomic E-state index is 14.3. The summed E-state index contributed by atoms with van der Waals surface area (Å²) in [6, 6.07) is 22.6. The number of carbonyl (C=O) groups is 2. The fourth-order valence-electron chi connectivity index (χ4n) is 4.80. The van der Waals surface area contributed by atoms with E-state index >= 15 is 0 Å². The van der Waals surface area contributed by atoms with Gasteiger partial charge in [0.1, 0.15) is 0 Å². The predicted molar refractivity (Wildman–Crippen MR) is 139 cm³/mol. The van der Waals surface area contributed by atoms with Gasteiger partial charge in [-0.15, -0.1) is 11.8 Å². The molecule has 3 aromatic rings. The summed E-state index contributed by atoms with van der Waals surface area (Å²) in [5.41, 5.74) is 4.42. The number of hydrogen-bond donors (Lipinski definition) is 1. The Kier molecular flexibility index (Phi) is 5.61. The average Bonchev–Trinajstić information content (AvgIpc) is 3.22. The van der Waals surface area contributed by atoms with Gasteiger partial charge >= 0.3 is 6.03 Å². The molecule has 2 heterocycles. The maximum absolute atomic E-state index is 14.3. The molecule has 0 bridgehead atoms. The minimum atomic E-state index is -1.19. The number of anilines is 2. The zero-order valence-corrected chi connectivity index (χ0v) is 20.9. The quantitative estimate of drug-likeness (QED) is 0.460. The van der Waals surface area contributed by atoms with E-state index in [9.17, 15) is 9.59 Å². The Bertz CT molecular complexity index is 1280. The molecule has 7 heteroatoms. The van der Waals surface area contributed by atoms with Crippen molar-refractivity contribution < 1.29 is 9.59 Å². The number of para-hydroxylation sites is 1. The van der Waals surface area contributed by atoms with Crippen LogP contribution in [0, 0.1) is 6.92 Å². The van der Waals surface area contributed by atoms with Crippen molar-refractivity contribution in [1.29, 1.82) is 0 Å². The summed E-state index contributed by atoms with van der Waals surface area (Å²) in [7, 11) is 0. The largest absolute Gasteiger partial charge is 0.323 e. The van der Waals surface area contributed by atoms with Crippen molar-refractivity contribution in [2.45, 2.75) is 36.9 Å². The first kappa shape index (κ1) is 22.8. The number of nitrogens with zero attached hydrogens (tertiary/aromatic N) is 2. The number of thioether (sulfide) groups is 1. The van der Waals surface area contributed by atoms with Gasteiger partial charge < -0.3 is 10.2 Å². The van der Waals surface area contributed by atoms with E-state index in [0.29, 0.717) is 23.8 Å². The molecule has 3 aromatic carbocycles. The van der Waals surface area contributed by atoms with Crippen molar-refractivity contribution in [1.82, 2.24) is 4.90 Å². The van der Waals surface area contributed by atoms with Crippen LogP contribution < -0.4 is 10.2 Å². The van der Waals surface area contributed by atoms with Crippen LogP contribution in [0.3, 0.4) is 0 Å². The van der Waals surface area contributed by atoms with E-state index in [0.717, 1.165) is 22.4 Å². The molecule has 1 N–H and O–H groups in total. The first-order valence-corrected chi connectivity index (χ1v) is 12.4. The number of halogens is 1. The lowest BCUT2D eigenvalue weighted by Gasteiger charge is -2.33. The van der Waals surface area contributed by atoms with Crippen LogP contribution >= 0.6 is 23.4 Å². The topological polar surface area (TPSA) is 52.7 Å². The molecule has 1 spiro atoms. The number of rotatable bonds is 3. The Morgan fingerprint density at radius 2 is 1.76 bits per heavy atom. The van der Waals surface area contributed by atoms with Gasteiger partial charge in [-0.25, -0.2) is 4.79 Å². The van der Waals surface area contributed by atoms with Gasteiger partial charge in [0.25, 0.3) is 5.91 Å². The van der Waals surface area contributed by atoms with Gasteiger partial charge in [-0.05, 0) is 62.2 Å². The van der Waals surface area contributed by atoms with Crippen LogP contribution in [0.2, 0.25) is 5.02 Å². The summed E-state index contributed by atoms with van der Waals surface area (Å²) in [5, 5.41) is 3.52. The molecule has 2 aliphatic heterocycles. The van der Waals surface area contributed by atoms with Gasteiger partial charge in [0, 0.05) is 27.6 Å². The van der Waals surface area contributed by atoms with Gasteiger partial charge in [0.05, 0.1) is 12.2 Å². The average molecular weight is 492 g/mol. The Morgan fingerprint density at radius 1 is 1.06 bits per heavy atom. The van der Waals surface area contributed by atoms with Crippen LogP contribution in [0.5, 0.6) is 0 Å². The zero-order valence-electron chi connectivity index (χ0n) is 19.3. The highest BCUT2D eigenvalue weighted by Gasteiger charge is 2.63. The number of fused-ring (bicyclic) bond motifs is 2. The lowest BCUT2D eigenvalue weighted by Crippen LogP contribution is -2.51. The highest BCUT2D eigenvalue weighted by atomic mass is 35.5. The van der Waals surface area contributed by atoms with Crippen molar-refractivity contribution in [2.24, 2.45) is 0 Å². The van der Waals surface area contributed by atoms with Crippen LogP contribution in [0.1, 0.15) is 30.5 Å². The second-order valence-electron chi connectivity index (χ2n) is 9.37. The third kappa shape index (κ3) is 3.75. The van der Waals surface area contributed by atoms with Crippen molar-refractivity contribution in [3.8, 4) is 0 Å². The first-order valence-electron chi connectivity index (χ1n) is 11.2. The molecule has 5 rings (SSSR count). The van der Waals surface area contributed by atoms with Gasteiger partial charge in [0.2, 0.25) is 0 Å². The number of aryl methyl sites for hydroxylation is 1. The highest BCUT2D eigenvalue weighted by molar-refractivity contribution is 8.02. The summed E-state index contributed by atoms with van der Waals surface area (Å²) in [5.74, 6) is -0.119. The molecule has 5 nitrogen and oxygen atoms in total. The molecule has 0 radical (unpaired) electrons. The van der Waals surface area contributed by atoms with E-state index in [-0.39, 0.29) is 16.7 Å².